The van der Waals surface area contributed by atoms with Crippen LogP contribution >= 0.6 is 23.4 Å². The maximum Gasteiger partial charge on any atom is 0.283 e. The molecule has 0 aromatic heterocycles. The molecule has 2 heterocycles. The lowest BCUT2D eigenvalue weighted by Crippen LogP contribution is -2.35. The Morgan fingerprint density at radius 3 is 2.62 bits per heavy atom. The van der Waals surface area contributed by atoms with Crippen LogP contribution in [0.2, 0.25) is 5.02 Å². The molecule has 4 rings (SSSR count). The van der Waals surface area contributed by atoms with E-state index in [2.05, 4.69) is 16.2 Å². The van der Waals surface area contributed by atoms with Crippen molar-refractivity contribution in [3.8, 4) is 17.2 Å². The molecule has 2 aliphatic rings. The van der Waals surface area contributed by atoms with Crippen LogP contribution < -0.4 is 14.2 Å². The van der Waals surface area contributed by atoms with Gasteiger partial charge in [0.05, 0.1) is 22.7 Å². The van der Waals surface area contributed by atoms with Crippen molar-refractivity contribution >= 4 is 51.4 Å². The summed E-state index contributed by atoms with van der Waals surface area (Å²) in [7, 11) is 1.50. The Kier molecular flexibility index (Phi) is 6.95. The van der Waals surface area contributed by atoms with Crippen LogP contribution in [0.25, 0.3) is 6.08 Å². The van der Waals surface area contributed by atoms with Gasteiger partial charge in [-0.15, -0.1) is 0 Å². The molecule has 34 heavy (non-hydrogen) atoms. The highest BCUT2D eigenvalue weighted by Gasteiger charge is 2.34. The molecule has 0 unspecified atom stereocenters. The molecule has 1 N–H and O–H groups in total. The van der Waals surface area contributed by atoms with Gasteiger partial charge in [0, 0.05) is 0 Å². The summed E-state index contributed by atoms with van der Waals surface area (Å²) in [5.74, 6) is 1.02. The van der Waals surface area contributed by atoms with Crippen molar-refractivity contribution < 1.29 is 19.0 Å². The Balaban J connectivity index is 1.49. The number of methoxy groups -OCH3 is 1. The van der Waals surface area contributed by atoms with E-state index in [-0.39, 0.29) is 18.0 Å². The SMILES string of the molecule is COc1cc(/C=C2\C(=N)N3N=C(C)SC3=NC2=O)cc(Cl)c1OCCOc1ccc(C)cc1C. The summed E-state index contributed by atoms with van der Waals surface area (Å²) in [6.45, 7) is 6.41. The molecule has 2 aromatic rings. The van der Waals surface area contributed by atoms with Crippen molar-refractivity contribution in [1.29, 1.82) is 5.41 Å². The largest absolute Gasteiger partial charge is 0.493 e. The highest BCUT2D eigenvalue weighted by Crippen LogP contribution is 2.37. The Labute approximate surface area is 206 Å². The summed E-state index contributed by atoms with van der Waals surface area (Å²) in [6.07, 6.45) is 1.54. The Bertz CT molecular complexity index is 1270. The Hall–Kier alpha value is -3.30. The highest BCUT2D eigenvalue weighted by molar-refractivity contribution is 8.26. The number of rotatable bonds is 7. The molecule has 0 radical (unpaired) electrons. The summed E-state index contributed by atoms with van der Waals surface area (Å²) >= 11 is 7.73. The predicted octanol–water partition coefficient (Wildman–Crippen LogP) is 5.06. The van der Waals surface area contributed by atoms with Gasteiger partial charge in [-0.2, -0.15) is 15.1 Å². The minimum atomic E-state index is -0.507. The predicted molar refractivity (Wildman–Crippen MR) is 136 cm³/mol. The Morgan fingerprint density at radius 2 is 1.88 bits per heavy atom. The number of hydrazone groups is 1. The molecule has 2 aromatic carbocycles. The molecule has 2 aliphatic heterocycles. The van der Waals surface area contributed by atoms with E-state index in [0.717, 1.165) is 11.3 Å². The first-order chi connectivity index (χ1) is 16.3. The number of benzene rings is 2. The van der Waals surface area contributed by atoms with Gasteiger partial charge >= 0.3 is 0 Å². The van der Waals surface area contributed by atoms with E-state index in [9.17, 15) is 4.79 Å². The fraction of sp³-hybridized carbons (Fsp3) is 0.250. The van der Waals surface area contributed by atoms with Gasteiger partial charge in [-0.25, -0.2) is 0 Å². The number of aliphatic imine (C=N–C) groups is 1. The van der Waals surface area contributed by atoms with E-state index in [4.69, 9.17) is 31.2 Å². The second kappa shape index (κ2) is 9.90. The van der Waals surface area contributed by atoms with Crippen LogP contribution in [0, 0.1) is 19.3 Å². The second-order valence-electron chi connectivity index (χ2n) is 7.64. The minimum absolute atomic E-state index is 0.0432. The lowest BCUT2D eigenvalue weighted by Gasteiger charge is -2.20. The zero-order valence-corrected chi connectivity index (χ0v) is 20.7. The third-order valence-corrected chi connectivity index (χ3v) is 6.14. The maximum atomic E-state index is 12.5. The van der Waals surface area contributed by atoms with Crippen molar-refractivity contribution in [2.45, 2.75) is 20.8 Å². The van der Waals surface area contributed by atoms with Gasteiger partial charge in [0.15, 0.2) is 17.3 Å². The first-order valence-corrected chi connectivity index (χ1v) is 11.6. The quantitative estimate of drug-likeness (QED) is 0.423. The van der Waals surface area contributed by atoms with Crippen molar-refractivity contribution in [2.75, 3.05) is 20.3 Å². The van der Waals surface area contributed by atoms with Gasteiger partial charge in [-0.1, -0.05) is 29.3 Å². The van der Waals surface area contributed by atoms with Crippen LogP contribution in [0.15, 0.2) is 46.0 Å². The topological polar surface area (TPSA) is 96.6 Å². The van der Waals surface area contributed by atoms with Crippen LogP contribution in [0.1, 0.15) is 23.6 Å². The molecule has 0 saturated heterocycles. The molecule has 0 aliphatic carbocycles. The average Bonchev–Trinajstić information content (AvgIpc) is 3.16. The maximum absolute atomic E-state index is 12.5. The molecule has 10 heteroatoms. The Morgan fingerprint density at radius 1 is 1.12 bits per heavy atom. The average molecular weight is 499 g/mol. The number of halogens is 1. The summed E-state index contributed by atoms with van der Waals surface area (Å²) in [5.41, 5.74) is 2.91. The van der Waals surface area contributed by atoms with Crippen LogP contribution in [-0.2, 0) is 4.79 Å². The molecule has 0 saturated carbocycles. The number of hydrogen-bond donors (Lipinski definition) is 1. The molecular weight excluding hydrogens is 476 g/mol. The number of amidine groups is 2. The number of ether oxygens (including phenoxy) is 3. The number of fused-ring (bicyclic) bond motifs is 1. The van der Waals surface area contributed by atoms with Crippen LogP contribution in [0.3, 0.4) is 0 Å². The summed E-state index contributed by atoms with van der Waals surface area (Å²) in [5, 5.41) is 15.4. The van der Waals surface area contributed by atoms with E-state index in [1.807, 2.05) is 26.0 Å². The van der Waals surface area contributed by atoms with E-state index in [1.54, 1.807) is 25.1 Å². The molecule has 0 atom stereocenters. The van der Waals surface area contributed by atoms with Crippen molar-refractivity contribution in [3.63, 3.8) is 0 Å². The standard InChI is InChI=1S/C24H23ClN4O4S/c1-13-5-6-19(14(2)9-13)32-7-8-33-21-18(25)11-16(12-20(21)31-4)10-17-22(26)29-24(27-23(17)30)34-15(3)28-29/h5-6,9-12,26H,7-8H2,1-4H3/b17-10+,26-22?. The lowest BCUT2D eigenvalue weighted by atomic mass is 10.1. The van der Waals surface area contributed by atoms with E-state index >= 15 is 0 Å². The van der Waals surface area contributed by atoms with Crippen LogP contribution in [-0.4, -0.2) is 47.3 Å². The number of aryl methyl sites for hydroxylation is 2. The van der Waals surface area contributed by atoms with Gasteiger partial charge in [0.2, 0.25) is 5.17 Å². The number of amides is 1. The van der Waals surface area contributed by atoms with E-state index < -0.39 is 5.91 Å². The summed E-state index contributed by atoms with van der Waals surface area (Å²) < 4.78 is 17.1. The van der Waals surface area contributed by atoms with Crippen LogP contribution in [0.5, 0.6) is 17.2 Å². The molecule has 0 spiro atoms. The first kappa shape index (κ1) is 23.8. The number of nitrogens with zero attached hydrogens (tertiary/aromatic N) is 3. The third-order valence-electron chi connectivity index (χ3n) is 5.04. The van der Waals surface area contributed by atoms with Gasteiger partial charge in [0.1, 0.15) is 19.0 Å². The van der Waals surface area contributed by atoms with Gasteiger partial charge < -0.3 is 14.2 Å². The minimum Gasteiger partial charge on any atom is -0.493 e. The second-order valence-corrected chi connectivity index (χ2v) is 9.21. The van der Waals surface area contributed by atoms with Gasteiger partial charge in [-0.05, 0) is 67.9 Å². The monoisotopic (exact) mass is 498 g/mol. The molecule has 0 bridgehead atoms. The number of carbonyl (C=O) groups excluding carboxylic acids is 1. The number of thioether (sulfide) groups is 1. The van der Waals surface area contributed by atoms with Crippen molar-refractivity contribution in [1.82, 2.24) is 5.01 Å². The molecular formula is C24H23ClN4O4S. The van der Waals surface area contributed by atoms with Crippen LogP contribution in [0.4, 0.5) is 0 Å². The van der Waals surface area contributed by atoms with Crippen molar-refractivity contribution in [2.24, 2.45) is 10.1 Å². The zero-order chi connectivity index (χ0) is 24.4. The molecule has 0 fully saturated rings. The van der Waals surface area contributed by atoms with Crippen molar-refractivity contribution in [3.05, 3.63) is 57.6 Å². The fourth-order valence-corrected chi connectivity index (χ4v) is 4.48. The molecule has 8 nitrogen and oxygen atoms in total. The van der Waals surface area contributed by atoms with Gasteiger partial charge in [0.25, 0.3) is 5.91 Å². The highest BCUT2D eigenvalue weighted by atomic mass is 35.5. The van der Waals surface area contributed by atoms with Gasteiger partial charge in [-0.3, -0.25) is 10.2 Å². The first-order valence-electron chi connectivity index (χ1n) is 10.4. The molecule has 176 valence electrons. The molecule has 1 amide bonds. The summed E-state index contributed by atoms with van der Waals surface area (Å²) in [6, 6.07) is 9.32. The zero-order valence-electron chi connectivity index (χ0n) is 19.1. The number of carbonyl (C=O) groups is 1. The fourth-order valence-electron chi connectivity index (χ4n) is 3.47. The van der Waals surface area contributed by atoms with E-state index in [0.29, 0.717) is 38.9 Å². The normalized spacial score (nSPS) is 16.4. The number of nitrogens with one attached hydrogen (secondary N) is 1. The lowest BCUT2D eigenvalue weighted by molar-refractivity contribution is -0.114. The smallest absolute Gasteiger partial charge is 0.283 e. The summed E-state index contributed by atoms with van der Waals surface area (Å²) in [4.78, 5) is 16.5. The number of hydrogen-bond acceptors (Lipinski definition) is 7. The third kappa shape index (κ3) is 4.95. The van der Waals surface area contributed by atoms with E-state index in [1.165, 1.54) is 29.4 Å².